The Balaban J connectivity index is 2.30. The number of hydrogen-bond acceptors (Lipinski definition) is 3. The lowest BCUT2D eigenvalue weighted by molar-refractivity contribution is -0.141. The zero-order valence-corrected chi connectivity index (χ0v) is 10.1. The predicted molar refractivity (Wildman–Crippen MR) is 67.3 cm³/mol. The second-order valence-corrected chi connectivity index (χ2v) is 4.02. The van der Waals surface area contributed by atoms with Gasteiger partial charge in [-0.05, 0) is 29.8 Å². The van der Waals surface area contributed by atoms with Gasteiger partial charge in [-0.2, -0.15) is 0 Å². The Morgan fingerprint density at radius 2 is 1.89 bits per heavy atom. The Morgan fingerprint density at radius 1 is 1.28 bits per heavy atom. The minimum atomic E-state index is -0.262. The van der Waals surface area contributed by atoms with Crippen LogP contribution in [0.15, 0.2) is 48.8 Å². The van der Waals surface area contributed by atoms with Gasteiger partial charge < -0.3 is 14.4 Å². The molecule has 0 saturated heterocycles. The lowest BCUT2D eigenvalue weighted by Gasteiger charge is -2.18. The molecule has 0 aliphatic heterocycles. The molecule has 0 aliphatic rings. The van der Waals surface area contributed by atoms with Crippen LogP contribution in [-0.2, 0) is 9.53 Å². The number of aromatic nitrogens is 1. The number of methoxy groups -OCH3 is 1. The number of hydrogen-bond donors (Lipinski definition) is 1. The molecule has 94 valence electrons. The van der Waals surface area contributed by atoms with Crippen molar-refractivity contribution in [2.75, 3.05) is 7.11 Å². The van der Waals surface area contributed by atoms with Gasteiger partial charge in [0.2, 0.25) is 0 Å². The highest BCUT2D eigenvalue weighted by atomic mass is 16.5. The molecule has 1 unspecified atom stereocenters. The summed E-state index contributed by atoms with van der Waals surface area (Å²) in [4.78, 5) is 11.5. The molecule has 1 atom stereocenters. The first-order valence-electron chi connectivity index (χ1n) is 5.69. The number of nitrogens with zero attached hydrogens (tertiary/aromatic N) is 1. The molecule has 18 heavy (non-hydrogen) atoms. The Morgan fingerprint density at radius 3 is 2.44 bits per heavy atom. The Bertz CT molecular complexity index is 502. The second kappa shape index (κ2) is 5.40. The predicted octanol–water partition coefficient (Wildman–Crippen LogP) is 2.35. The van der Waals surface area contributed by atoms with E-state index in [2.05, 4.69) is 0 Å². The Labute approximate surface area is 105 Å². The molecule has 2 aromatic rings. The van der Waals surface area contributed by atoms with Crippen molar-refractivity contribution in [2.45, 2.75) is 12.5 Å². The van der Waals surface area contributed by atoms with Gasteiger partial charge in [0, 0.05) is 12.4 Å². The number of rotatable bonds is 4. The third-order valence-electron chi connectivity index (χ3n) is 2.85. The van der Waals surface area contributed by atoms with Crippen LogP contribution in [0.25, 0.3) is 0 Å². The highest BCUT2D eigenvalue weighted by Gasteiger charge is 2.17. The zero-order valence-electron chi connectivity index (χ0n) is 10.1. The van der Waals surface area contributed by atoms with Crippen LogP contribution in [0.4, 0.5) is 0 Å². The van der Waals surface area contributed by atoms with Gasteiger partial charge in [-0.25, -0.2) is 0 Å². The molecule has 0 bridgehead atoms. The summed E-state index contributed by atoms with van der Waals surface area (Å²) in [6.07, 6.45) is 4.07. The van der Waals surface area contributed by atoms with Crippen LogP contribution in [0, 0.1) is 0 Å². The number of carbonyl (C=O) groups excluding carboxylic acids is 1. The molecule has 0 radical (unpaired) electrons. The van der Waals surface area contributed by atoms with Crippen LogP contribution in [0.3, 0.4) is 0 Å². The van der Waals surface area contributed by atoms with Crippen molar-refractivity contribution in [1.82, 2.24) is 4.57 Å². The van der Waals surface area contributed by atoms with Crippen molar-refractivity contribution in [1.29, 1.82) is 0 Å². The van der Waals surface area contributed by atoms with E-state index in [-0.39, 0.29) is 24.2 Å². The van der Waals surface area contributed by atoms with Crippen molar-refractivity contribution in [3.8, 4) is 5.75 Å². The van der Waals surface area contributed by atoms with Gasteiger partial charge in [-0.15, -0.1) is 0 Å². The lowest BCUT2D eigenvalue weighted by Crippen LogP contribution is -2.14. The molecule has 1 N–H and O–H groups in total. The molecule has 4 nitrogen and oxygen atoms in total. The van der Waals surface area contributed by atoms with Crippen LogP contribution in [0.2, 0.25) is 0 Å². The molecular formula is C14H15NO3. The van der Waals surface area contributed by atoms with Crippen LogP contribution in [-0.4, -0.2) is 22.8 Å². The van der Waals surface area contributed by atoms with Crippen molar-refractivity contribution in [3.63, 3.8) is 0 Å². The van der Waals surface area contributed by atoms with Gasteiger partial charge in [-0.1, -0.05) is 12.1 Å². The smallest absolute Gasteiger partial charge is 0.307 e. The van der Waals surface area contributed by atoms with E-state index in [9.17, 15) is 9.90 Å². The molecule has 1 aromatic heterocycles. The number of esters is 1. The van der Waals surface area contributed by atoms with Crippen LogP contribution >= 0.6 is 0 Å². The molecule has 0 fully saturated rings. The second-order valence-electron chi connectivity index (χ2n) is 4.02. The highest BCUT2D eigenvalue weighted by Crippen LogP contribution is 2.24. The molecule has 4 heteroatoms. The average Bonchev–Trinajstić information content (AvgIpc) is 2.90. The number of carbonyl (C=O) groups is 1. The quantitative estimate of drug-likeness (QED) is 0.841. The van der Waals surface area contributed by atoms with Gasteiger partial charge in [0.15, 0.2) is 0 Å². The van der Waals surface area contributed by atoms with Crippen molar-refractivity contribution in [2.24, 2.45) is 0 Å². The molecule has 2 rings (SSSR count). The first-order valence-corrected chi connectivity index (χ1v) is 5.69. The maximum Gasteiger partial charge on any atom is 0.307 e. The summed E-state index contributed by atoms with van der Waals surface area (Å²) >= 11 is 0. The molecule has 0 aliphatic carbocycles. The van der Waals surface area contributed by atoms with E-state index in [1.807, 2.05) is 41.2 Å². The SMILES string of the molecule is COC(=O)CC(c1ccc(O)cc1)n1cccc1. The minimum Gasteiger partial charge on any atom is -0.508 e. The van der Waals surface area contributed by atoms with Crippen molar-refractivity contribution < 1.29 is 14.6 Å². The van der Waals surface area contributed by atoms with Crippen LogP contribution < -0.4 is 0 Å². The standard InChI is InChI=1S/C14H15NO3/c1-18-14(17)10-13(15-8-2-3-9-15)11-4-6-12(16)7-5-11/h2-9,13,16H,10H2,1H3. The van der Waals surface area contributed by atoms with Gasteiger partial charge >= 0.3 is 5.97 Å². The van der Waals surface area contributed by atoms with Gasteiger partial charge in [0.1, 0.15) is 5.75 Å². The number of phenolic OH excluding ortho intramolecular Hbond substituents is 1. The van der Waals surface area contributed by atoms with Gasteiger partial charge in [0.05, 0.1) is 19.6 Å². The fraction of sp³-hybridized carbons (Fsp3) is 0.214. The number of ether oxygens (including phenoxy) is 1. The monoisotopic (exact) mass is 245 g/mol. The lowest BCUT2D eigenvalue weighted by atomic mass is 10.0. The number of phenols is 1. The largest absolute Gasteiger partial charge is 0.508 e. The van der Waals surface area contributed by atoms with E-state index in [1.165, 1.54) is 7.11 Å². The number of benzene rings is 1. The summed E-state index contributed by atoms with van der Waals surface area (Å²) in [7, 11) is 1.38. The molecule has 1 heterocycles. The first kappa shape index (κ1) is 12.2. The van der Waals surface area contributed by atoms with E-state index in [1.54, 1.807) is 12.1 Å². The maximum absolute atomic E-state index is 11.5. The molecule has 0 spiro atoms. The minimum absolute atomic E-state index is 0.118. The molecular weight excluding hydrogens is 230 g/mol. The van der Waals surface area contributed by atoms with Crippen molar-refractivity contribution >= 4 is 5.97 Å². The molecule has 0 saturated carbocycles. The molecule has 1 aromatic carbocycles. The summed E-state index contributed by atoms with van der Waals surface area (Å²) in [5.74, 6) is -0.0511. The summed E-state index contributed by atoms with van der Waals surface area (Å²) in [5, 5.41) is 9.30. The summed E-state index contributed by atoms with van der Waals surface area (Å²) in [6.45, 7) is 0. The van der Waals surface area contributed by atoms with Crippen LogP contribution in [0.5, 0.6) is 5.75 Å². The fourth-order valence-electron chi connectivity index (χ4n) is 1.89. The van der Waals surface area contributed by atoms with Crippen molar-refractivity contribution in [3.05, 3.63) is 54.4 Å². The van der Waals surface area contributed by atoms with E-state index in [0.717, 1.165) is 5.56 Å². The van der Waals surface area contributed by atoms with Gasteiger partial charge in [0.25, 0.3) is 0 Å². The number of aromatic hydroxyl groups is 1. The zero-order chi connectivity index (χ0) is 13.0. The normalized spacial score (nSPS) is 12.1. The van der Waals surface area contributed by atoms with E-state index in [4.69, 9.17) is 4.74 Å². The third kappa shape index (κ3) is 2.71. The Kier molecular flexibility index (Phi) is 3.67. The summed E-state index contributed by atoms with van der Waals surface area (Å²) in [5.41, 5.74) is 0.953. The fourth-order valence-corrected chi connectivity index (χ4v) is 1.89. The van der Waals surface area contributed by atoms with E-state index >= 15 is 0 Å². The highest BCUT2D eigenvalue weighted by molar-refractivity contribution is 5.70. The van der Waals surface area contributed by atoms with E-state index in [0.29, 0.717) is 0 Å². The summed E-state index contributed by atoms with van der Waals surface area (Å²) < 4.78 is 6.67. The maximum atomic E-state index is 11.5. The first-order chi connectivity index (χ1) is 8.70. The topological polar surface area (TPSA) is 51.5 Å². The molecule has 0 amide bonds. The average molecular weight is 245 g/mol. The van der Waals surface area contributed by atoms with Crippen LogP contribution in [0.1, 0.15) is 18.0 Å². The van der Waals surface area contributed by atoms with Gasteiger partial charge in [-0.3, -0.25) is 4.79 Å². The Hall–Kier alpha value is -2.23. The van der Waals surface area contributed by atoms with E-state index < -0.39 is 0 Å². The summed E-state index contributed by atoms with van der Waals surface area (Å²) in [6, 6.07) is 10.5. The third-order valence-corrected chi connectivity index (χ3v) is 2.85.